The molecule has 0 saturated heterocycles. The molecule has 302 valence electrons. The average molecular weight is 826 g/mol. The maximum absolute atomic E-state index is 5.44. The van der Waals surface area contributed by atoms with Crippen LogP contribution in [0.3, 0.4) is 0 Å². The lowest BCUT2D eigenvalue weighted by molar-refractivity contribution is 1.20. The van der Waals surface area contributed by atoms with Crippen molar-refractivity contribution in [3.8, 4) is 61.6 Å². The minimum atomic E-state index is 0.855. The first-order valence-electron chi connectivity index (χ1n) is 22.2. The van der Waals surface area contributed by atoms with Crippen LogP contribution in [0.4, 0.5) is 0 Å². The molecule has 0 saturated carbocycles. The molecular formula is C62H39N3. The Hall–Kier alpha value is -8.66. The highest BCUT2D eigenvalue weighted by molar-refractivity contribution is 6.29. The van der Waals surface area contributed by atoms with E-state index in [1.807, 2.05) is 12.1 Å². The van der Waals surface area contributed by atoms with E-state index in [9.17, 15) is 0 Å². The van der Waals surface area contributed by atoms with Gasteiger partial charge in [-0.2, -0.15) is 0 Å². The molecule has 0 atom stereocenters. The normalized spacial score (nSPS) is 11.7. The summed E-state index contributed by atoms with van der Waals surface area (Å²) in [4.78, 5) is 10.8. The van der Waals surface area contributed by atoms with Crippen molar-refractivity contribution in [1.29, 1.82) is 0 Å². The number of aromatic nitrogens is 3. The third-order valence-corrected chi connectivity index (χ3v) is 13.2. The Balaban J connectivity index is 1.02. The Bertz CT molecular complexity index is 3980. The molecule has 0 aliphatic heterocycles. The van der Waals surface area contributed by atoms with Crippen LogP contribution >= 0.6 is 0 Å². The molecule has 0 spiro atoms. The van der Waals surface area contributed by atoms with Crippen molar-refractivity contribution >= 4 is 65.2 Å². The summed E-state index contributed by atoms with van der Waals surface area (Å²) in [5.41, 5.74) is 16.1. The van der Waals surface area contributed by atoms with Gasteiger partial charge in [0, 0.05) is 27.3 Å². The number of hydrogen-bond donors (Lipinski definition) is 0. The number of rotatable bonds is 6. The van der Waals surface area contributed by atoms with E-state index in [2.05, 4.69) is 229 Å². The Labute approximate surface area is 376 Å². The molecule has 0 fully saturated rings. The topological polar surface area (TPSA) is 30.7 Å². The largest absolute Gasteiger partial charge is 0.309 e. The van der Waals surface area contributed by atoms with E-state index in [4.69, 9.17) is 9.97 Å². The maximum atomic E-state index is 5.44. The van der Waals surface area contributed by atoms with Crippen LogP contribution in [0, 0.1) is 0 Å². The Kier molecular flexibility index (Phi) is 8.53. The number of fused-ring (bicyclic) bond motifs is 9. The SMILES string of the molecule is c1ccc(-c2ccc(-c3cccc(-c4nc5ccccc5nc4-c4ccc(-n5c6ccc7ccccc7c6c6c7cc(-c8ccccc8)ccc7ccc65)c5ccccc45)c3)cc2)cc1. The van der Waals surface area contributed by atoms with Gasteiger partial charge in [0.15, 0.2) is 0 Å². The van der Waals surface area contributed by atoms with Gasteiger partial charge in [0.05, 0.1) is 39.1 Å². The quantitative estimate of drug-likeness (QED) is 0.167. The van der Waals surface area contributed by atoms with Crippen molar-refractivity contribution in [3.05, 3.63) is 237 Å². The van der Waals surface area contributed by atoms with Gasteiger partial charge in [-0.05, 0) is 109 Å². The summed E-state index contributed by atoms with van der Waals surface area (Å²) < 4.78 is 2.48. The van der Waals surface area contributed by atoms with Crippen molar-refractivity contribution in [2.24, 2.45) is 0 Å². The van der Waals surface area contributed by atoms with Gasteiger partial charge < -0.3 is 4.57 Å². The molecule has 13 aromatic rings. The zero-order valence-corrected chi connectivity index (χ0v) is 35.4. The van der Waals surface area contributed by atoms with Gasteiger partial charge >= 0.3 is 0 Å². The molecule has 3 heteroatoms. The molecule has 2 aromatic heterocycles. The lowest BCUT2D eigenvalue weighted by Crippen LogP contribution is -1.99. The summed E-state index contributed by atoms with van der Waals surface area (Å²) in [6.07, 6.45) is 0. The van der Waals surface area contributed by atoms with Gasteiger partial charge in [-0.25, -0.2) is 9.97 Å². The molecule has 65 heavy (non-hydrogen) atoms. The van der Waals surface area contributed by atoms with Crippen molar-refractivity contribution in [3.63, 3.8) is 0 Å². The molecule has 11 aromatic carbocycles. The summed E-state index contributed by atoms with van der Waals surface area (Å²) in [5, 5.41) is 9.73. The summed E-state index contributed by atoms with van der Waals surface area (Å²) in [6, 6.07) is 85.2. The lowest BCUT2D eigenvalue weighted by Gasteiger charge is -2.17. The Morgan fingerprint density at radius 3 is 1.48 bits per heavy atom. The van der Waals surface area contributed by atoms with Crippen LogP contribution in [-0.2, 0) is 0 Å². The van der Waals surface area contributed by atoms with Crippen LogP contribution in [0.15, 0.2) is 237 Å². The van der Waals surface area contributed by atoms with Crippen molar-refractivity contribution in [2.45, 2.75) is 0 Å². The highest BCUT2D eigenvalue weighted by atomic mass is 15.0. The van der Waals surface area contributed by atoms with Gasteiger partial charge in [0.25, 0.3) is 0 Å². The summed E-state index contributed by atoms with van der Waals surface area (Å²) in [6.45, 7) is 0. The van der Waals surface area contributed by atoms with Crippen LogP contribution < -0.4 is 0 Å². The number of benzene rings is 11. The molecule has 0 radical (unpaired) electrons. The molecule has 2 heterocycles. The molecule has 0 aliphatic rings. The molecule has 0 N–H and O–H groups in total. The van der Waals surface area contributed by atoms with Gasteiger partial charge in [-0.3, -0.25) is 0 Å². The Morgan fingerprint density at radius 2 is 0.754 bits per heavy atom. The zero-order chi connectivity index (χ0) is 42.8. The molecule has 0 unspecified atom stereocenters. The average Bonchev–Trinajstić information content (AvgIpc) is 3.73. The third-order valence-electron chi connectivity index (χ3n) is 13.2. The third kappa shape index (κ3) is 6.12. The van der Waals surface area contributed by atoms with E-state index in [0.29, 0.717) is 0 Å². The number of nitrogens with zero attached hydrogens (tertiary/aromatic N) is 3. The van der Waals surface area contributed by atoms with Gasteiger partial charge in [0.1, 0.15) is 0 Å². The predicted octanol–water partition coefficient (Wildman–Crippen LogP) is 16.5. The smallest absolute Gasteiger partial charge is 0.0979 e. The van der Waals surface area contributed by atoms with E-state index in [1.165, 1.54) is 65.6 Å². The predicted molar refractivity (Wildman–Crippen MR) is 274 cm³/mol. The van der Waals surface area contributed by atoms with Crippen LogP contribution in [0.25, 0.3) is 127 Å². The van der Waals surface area contributed by atoms with E-state index in [-0.39, 0.29) is 0 Å². The van der Waals surface area contributed by atoms with E-state index < -0.39 is 0 Å². The second kappa shape index (κ2) is 15.0. The minimum Gasteiger partial charge on any atom is -0.309 e. The lowest BCUT2D eigenvalue weighted by atomic mass is 9.95. The monoisotopic (exact) mass is 825 g/mol. The molecule has 3 nitrogen and oxygen atoms in total. The standard InChI is InChI=1S/C62H39N3/c1-3-14-40(15-4-1)42-26-28-43(29-27-42)46-19-13-20-48(38-46)61-62(64-55-25-12-11-24-54(55)63-61)52-34-37-56(51-23-10-9-22-50(51)52)65-57-35-32-44-18-7-8-21-49(44)59(57)60-53-39-47(41-16-5-2-6-17-41)31-30-45(53)33-36-58(60)65/h1-39H. The Morgan fingerprint density at radius 1 is 0.277 bits per heavy atom. The fourth-order valence-electron chi connectivity index (χ4n) is 10.1. The van der Waals surface area contributed by atoms with Crippen molar-refractivity contribution in [1.82, 2.24) is 14.5 Å². The summed E-state index contributed by atoms with van der Waals surface area (Å²) in [7, 11) is 0. The highest BCUT2D eigenvalue weighted by Crippen LogP contribution is 2.44. The van der Waals surface area contributed by atoms with Gasteiger partial charge in [0.2, 0.25) is 0 Å². The number of para-hydroxylation sites is 2. The van der Waals surface area contributed by atoms with Crippen LogP contribution in [0.5, 0.6) is 0 Å². The van der Waals surface area contributed by atoms with Crippen LogP contribution in [0.2, 0.25) is 0 Å². The van der Waals surface area contributed by atoms with Crippen molar-refractivity contribution in [2.75, 3.05) is 0 Å². The summed E-state index contributed by atoms with van der Waals surface area (Å²) >= 11 is 0. The maximum Gasteiger partial charge on any atom is 0.0979 e. The second-order valence-electron chi connectivity index (χ2n) is 16.9. The van der Waals surface area contributed by atoms with E-state index >= 15 is 0 Å². The first-order chi connectivity index (χ1) is 32.2. The van der Waals surface area contributed by atoms with Crippen LogP contribution in [-0.4, -0.2) is 14.5 Å². The first kappa shape index (κ1) is 36.9. The molecular weight excluding hydrogens is 787 g/mol. The second-order valence-corrected chi connectivity index (χ2v) is 16.9. The van der Waals surface area contributed by atoms with Crippen molar-refractivity contribution < 1.29 is 0 Å². The summed E-state index contributed by atoms with van der Waals surface area (Å²) in [5.74, 6) is 0. The number of hydrogen-bond acceptors (Lipinski definition) is 2. The zero-order valence-electron chi connectivity index (χ0n) is 35.4. The molecule has 0 aliphatic carbocycles. The molecule has 0 bridgehead atoms. The molecule has 0 amide bonds. The van der Waals surface area contributed by atoms with E-state index in [1.54, 1.807) is 0 Å². The van der Waals surface area contributed by atoms with Crippen LogP contribution in [0.1, 0.15) is 0 Å². The highest BCUT2D eigenvalue weighted by Gasteiger charge is 2.22. The molecule has 13 rings (SSSR count). The fraction of sp³-hybridized carbons (Fsp3) is 0. The van der Waals surface area contributed by atoms with Gasteiger partial charge in [-0.1, -0.05) is 188 Å². The van der Waals surface area contributed by atoms with E-state index in [0.717, 1.165) is 61.1 Å². The minimum absolute atomic E-state index is 0.855. The fourth-order valence-corrected chi connectivity index (χ4v) is 10.1. The first-order valence-corrected chi connectivity index (χ1v) is 22.2. The van der Waals surface area contributed by atoms with Gasteiger partial charge in [-0.15, -0.1) is 0 Å².